The van der Waals surface area contributed by atoms with Crippen molar-refractivity contribution in [2.45, 2.75) is 17.1 Å². The highest BCUT2D eigenvalue weighted by atomic mass is 32.2. The van der Waals surface area contributed by atoms with E-state index in [0.29, 0.717) is 31.7 Å². The summed E-state index contributed by atoms with van der Waals surface area (Å²) in [4.78, 5) is 11.9. The molecular weight excluding hydrogens is 379 g/mol. The van der Waals surface area contributed by atoms with Crippen molar-refractivity contribution >= 4 is 27.3 Å². The van der Waals surface area contributed by atoms with Crippen LogP contribution in [0.5, 0.6) is 5.75 Å². The number of halogens is 1. The van der Waals surface area contributed by atoms with E-state index < -0.39 is 10.0 Å². The van der Waals surface area contributed by atoms with Crippen molar-refractivity contribution in [3.63, 3.8) is 0 Å². The molecule has 1 N–H and O–H groups in total. The third-order valence-electron chi connectivity index (χ3n) is 3.50. The van der Waals surface area contributed by atoms with E-state index in [0.717, 1.165) is 15.6 Å². The van der Waals surface area contributed by atoms with Crippen molar-refractivity contribution in [1.29, 1.82) is 0 Å². The van der Waals surface area contributed by atoms with Gasteiger partial charge < -0.3 is 10.1 Å². The summed E-state index contributed by atoms with van der Waals surface area (Å²) in [5, 5.41) is 4.37. The average molecular weight is 400 g/mol. The molecule has 0 aliphatic heterocycles. The fraction of sp³-hybridized carbons (Fsp3) is 0.353. The lowest BCUT2D eigenvalue weighted by Gasteiger charge is -2.15. The van der Waals surface area contributed by atoms with Crippen molar-refractivity contribution in [2.75, 3.05) is 26.7 Å². The van der Waals surface area contributed by atoms with Crippen LogP contribution in [0.2, 0.25) is 0 Å². The lowest BCUT2D eigenvalue weighted by atomic mass is 10.3. The summed E-state index contributed by atoms with van der Waals surface area (Å²) in [5.41, 5.74) is 0. The number of hydrogen-bond donors (Lipinski definition) is 1. The van der Waals surface area contributed by atoms with Gasteiger partial charge >= 0.3 is 0 Å². The molecule has 0 radical (unpaired) electrons. The molecule has 0 aliphatic carbocycles. The maximum Gasteiger partial charge on any atom is 0.252 e. The average Bonchev–Trinajstić information content (AvgIpc) is 3.15. The summed E-state index contributed by atoms with van der Waals surface area (Å²) < 4.78 is 43.9. The molecule has 26 heavy (non-hydrogen) atoms. The Balaban J connectivity index is 1.62. The van der Waals surface area contributed by atoms with Gasteiger partial charge in [0.2, 0.25) is 5.91 Å². The van der Waals surface area contributed by atoms with Gasteiger partial charge in [-0.3, -0.25) is 4.79 Å². The molecule has 0 bridgehead atoms. The zero-order valence-electron chi connectivity index (χ0n) is 14.4. The van der Waals surface area contributed by atoms with Gasteiger partial charge in [0.15, 0.2) is 0 Å². The van der Waals surface area contributed by atoms with Crippen molar-refractivity contribution in [3.05, 3.63) is 47.6 Å². The number of thiophene rings is 1. The van der Waals surface area contributed by atoms with Crippen LogP contribution in [0.15, 0.2) is 46.0 Å². The molecule has 1 aromatic carbocycles. The summed E-state index contributed by atoms with van der Waals surface area (Å²) in [5.74, 6) is -0.0750. The van der Waals surface area contributed by atoms with Gasteiger partial charge in [-0.05, 0) is 48.6 Å². The molecule has 0 fully saturated rings. The van der Waals surface area contributed by atoms with Crippen LogP contribution in [0, 0.1) is 5.82 Å². The maximum atomic E-state index is 12.8. The summed E-state index contributed by atoms with van der Waals surface area (Å²) >= 11 is 1.12. The lowest BCUT2D eigenvalue weighted by molar-refractivity contribution is -0.121. The number of amides is 1. The first-order chi connectivity index (χ1) is 12.4. The van der Waals surface area contributed by atoms with Gasteiger partial charge in [-0.25, -0.2) is 12.8 Å². The van der Waals surface area contributed by atoms with Gasteiger partial charge in [0.1, 0.15) is 15.8 Å². The number of carbonyl (C=O) groups excluding carboxylic acids is 1. The Labute approximate surface area is 156 Å². The largest absolute Gasteiger partial charge is 0.494 e. The molecule has 6 nitrogen and oxygen atoms in total. The van der Waals surface area contributed by atoms with Gasteiger partial charge in [0.05, 0.1) is 13.2 Å². The van der Waals surface area contributed by atoms with E-state index in [2.05, 4.69) is 5.32 Å². The molecule has 2 rings (SSSR count). The molecule has 2 aromatic rings. The molecule has 0 unspecified atom stereocenters. The van der Waals surface area contributed by atoms with Crippen molar-refractivity contribution in [2.24, 2.45) is 0 Å². The topological polar surface area (TPSA) is 75.7 Å². The number of likely N-dealkylation sites (N-methyl/N-ethyl adjacent to an activating group) is 1. The Morgan fingerprint density at radius 3 is 2.62 bits per heavy atom. The highest BCUT2D eigenvalue weighted by Gasteiger charge is 2.23. The fourth-order valence-corrected chi connectivity index (χ4v) is 4.41. The minimum Gasteiger partial charge on any atom is -0.494 e. The highest BCUT2D eigenvalue weighted by Crippen LogP contribution is 2.19. The van der Waals surface area contributed by atoms with Gasteiger partial charge in [-0.1, -0.05) is 6.07 Å². The van der Waals surface area contributed by atoms with E-state index in [1.807, 2.05) is 0 Å². The van der Waals surface area contributed by atoms with E-state index in [1.54, 1.807) is 23.6 Å². The standard InChI is InChI=1S/C17H21FN2O4S2/c1-20(26(22,23)17-5-4-12-25-17)13-16(21)19-10-2-3-11-24-15-8-6-14(18)7-9-15/h4-9,12H,2-3,10-11,13H2,1H3,(H,19,21). The normalized spacial score (nSPS) is 11.5. The molecule has 0 aliphatic rings. The smallest absolute Gasteiger partial charge is 0.252 e. The van der Waals surface area contributed by atoms with Gasteiger partial charge in [-0.2, -0.15) is 4.31 Å². The predicted molar refractivity (Wildman–Crippen MR) is 98.3 cm³/mol. The van der Waals surface area contributed by atoms with Crippen LogP contribution in [-0.2, 0) is 14.8 Å². The van der Waals surface area contributed by atoms with Gasteiger partial charge in [0.25, 0.3) is 10.0 Å². The van der Waals surface area contributed by atoms with Crippen LogP contribution in [0.4, 0.5) is 4.39 Å². The summed E-state index contributed by atoms with van der Waals surface area (Å²) in [6.07, 6.45) is 1.40. The molecule has 0 saturated heterocycles. The predicted octanol–water partition coefficient (Wildman–Crippen LogP) is 2.48. The number of hydrogen-bond acceptors (Lipinski definition) is 5. The second-order valence-corrected chi connectivity index (χ2v) is 8.77. The third kappa shape index (κ3) is 6.08. The second-order valence-electron chi connectivity index (χ2n) is 5.55. The van der Waals surface area contributed by atoms with E-state index in [-0.39, 0.29) is 22.5 Å². The monoisotopic (exact) mass is 400 g/mol. The van der Waals surface area contributed by atoms with Gasteiger partial charge in [0, 0.05) is 13.6 Å². The van der Waals surface area contributed by atoms with Crippen LogP contribution in [0.3, 0.4) is 0 Å². The molecule has 9 heteroatoms. The van der Waals surface area contributed by atoms with Crippen molar-refractivity contribution in [1.82, 2.24) is 9.62 Å². The Morgan fingerprint density at radius 2 is 1.96 bits per heavy atom. The number of sulfonamides is 1. The van der Waals surface area contributed by atoms with Crippen LogP contribution in [0.25, 0.3) is 0 Å². The van der Waals surface area contributed by atoms with Crippen molar-refractivity contribution < 1.29 is 22.3 Å². The second kappa shape index (κ2) is 9.65. The SMILES string of the molecule is CN(CC(=O)NCCCCOc1ccc(F)cc1)S(=O)(=O)c1cccs1. The number of nitrogens with one attached hydrogen (secondary N) is 1. The van der Waals surface area contributed by atoms with Crippen LogP contribution < -0.4 is 10.1 Å². The minimum atomic E-state index is -3.62. The number of benzene rings is 1. The van der Waals surface area contributed by atoms with Gasteiger partial charge in [-0.15, -0.1) is 11.3 Å². The van der Waals surface area contributed by atoms with Crippen LogP contribution in [-0.4, -0.2) is 45.4 Å². The van der Waals surface area contributed by atoms with E-state index in [4.69, 9.17) is 4.74 Å². The molecular formula is C17H21FN2O4S2. The first kappa shape index (κ1) is 20.3. The number of nitrogens with zero attached hydrogens (tertiary/aromatic N) is 1. The summed E-state index contributed by atoms with van der Waals surface area (Å²) in [6, 6.07) is 8.93. The van der Waals surface area contributed by atoms with Crippen molar-refractivity contribution in [3.8, 4) is 5.75 Å². The summed E-state index contributed by atoms with van der Waals surface area (Å²) in [6.45, 7) is 0.652. The molecule has 0 spiro atoms. The highest BCUT2D eigenvalue weighted by molar-refractivity contribution is 7.91. The quantitative estimate of drug-likeness (QED) is 0.622. The van der Waals surface area contributed by atoms with E-state index >= 15 is 0 Å². The number of rotatable bonds is 10. The Kier molecular flexibility index (Phi) is 7.55. The molecule has 1 amide bonds. The number of ether oxygens (including phenoxy) is 1. The number of carbonyl (C=O) groups is 1. The molecule has 1 heterocycles. The first-order valence-corrected chi connectivity index (χ1v) is 10.4. The lowest BCUT2D eigenvalue weighted by Crippen LogP contribution is -2.38. The van der Waals surface area contributed by atoms with E-state index in [1.165, 1.54) is 25.2 Å². The minimum absolute atomic E-state index is 0.214. The Morgan fingerprint density at radius 1 is 1.23 bits per heavy atom. The zero-order valence-corrected chi connectivity index (χ0v) is 16.0. The summed E-state index contributed by atoms with van der Waals surface area (Å²) in [7, 11) is -2.24. The zero-order chi connectivity index (χ0) is 19.0. The van der Waals surface area contributed by atoms with Crippen LogP contribution >= 0.6 is 11.3 Å². The molecule has 0 saturated carbocycles. The molecule has 1 aromatic heterocycles. The molecule has 0 atom stereocenters. The molecule has 142 valence electrons. The Bertz CT molecular complexity index is 793. The maximum absolute atomic E-state index is 12.8. The fourth-order valence-electron chi connectivity index (χ4n) is 2.08. The van der Waals surface area contributed by atoms with E-state index in [9.17, 15) is 17.6 Å². The first-order valence-electron chi connectivity index (χ1n) is 8.04. The Hall–Kier alpha value is -1.97. The van der Waals surface area contributed by atoms with Crippen LogP contribution in [0.1, 0.15) is 12.8 Å². The number of unbranched alkanes of at least 4 members (excludes halogenated alkanes) is 1. The third-order valence-corrected chi connectivity index (χ3v) is 6.68.